The van der Waals surface area contributed by atoms with Gasteiger partial charge in [-0.1, -0.05) is 0 Å². The molecule has 0 aliphatic carbocycles. The predicted molar refractivity (Wildman–Crippen MR) is 50.7 cm³/mol. The number of thiazole rings is 1. The molecule has 0 fully saturated rings. The van der Waals surface area contributed by atoms with Crippen LogP contribution in [0.3, 0.4) is 0 Å². The molecule has 0 aliphatic rings. The molecule has 0 saturated carbocycles. The van der Waals surface area contributed by atoms with E-state index in [9.17, 15) is 10.1 Å². The molecule has 5 nitrogen and oxygen atoms in total. The van der Waals surface area contributed by atoms with Gasteiger partial charge in [0.15, 0.2) is 0 Å². The maximum absolute atomic E-state index is 10.6. The molecule has 2 N–H and O–H groups in total. The second-order valence-corrected chi connectivity index (χ2v) is 3.32. The van der Waals surface area contributed by atoms with Crippen LogP contribution < -0.4 is 5.73 Å². The van der Waals surface area contributed by atoms with E-state index in [2.05, 4.69) is 4.98 Å². The summed E-state index contributed by atoms with van der Waals surface area (Å²) in [7, 11) is 0. The van der Waals surface area contributed by atoms with Crippen molar-refractivity contribution in [1.82, 2.24) is 4.98 Å². The molecule has 1 aromatic heterocycles. The smallest absolute Gasteiger partial charge is 0.311 e. The van der Waals surface area contributed by atoms with Crippen molar-refractivity contribution < 1.29 is 4.92 Å². The van der Waals surface area contributed by atoms with Gasteiger partial charge in [0.25, 0.3) is 0 Å². The Bertz CT molecular complexity index is 480. The molecule has 0 atom stereocenters. The topological polar surface area (TPSA) is 82.0 Å². The summed E-state index contributed by atoms with van der Waals surface area (Å²) in [6, 6.07) is 3.17. The summed E-state index contributed by atoms with van der Waals surface area (Å²) < 4.78 is 0.532. The van der Waals surface area contributed by atoms with Gasteiger partial charge in [-0.15, -0.1) is 11.3 Å². The lowest BCUT2D eigenvalue weighted by Crippen LogP contribution is -1.95. The van der Waals surface area contributed by atoms with Gasteiger partial charge in [-0.25, -0.2) is 4.98 Å². The highest BCUT2D eigenvalue weighted by molar-refractivity contribution is 7.17. The zero-order valence-electron chi connectivity index (χ0n) is 6.43. The van der Waals surface area contributed by atoms with Crippen LogP contribution in [0.4, 0.5) is 11.4 Å². The van der Waals surface area contributed by atoms with Crippen LogP contribution in [0, 0.1) is 10.1 Å². The Kier molecular flexibility index (Phi) is 1.63. The van der Waals surface area contributed by atoms with Crippen molar-refractivity contribution in [3.8, 4) is 0 Å². The molecule has 66 valence electrons. The summed E-state index contributed by atoms with van der Waals surface area (Å²) in [5, 5.41) is 10.6. The molecule has 1 heterocycles. The number of fused-ring (bicyclic) bond motifs is 1. The van der Waals surface area contributed by atoms with E-state index in [1.165, 1.54) is 17.4 Å². The van der Waals surface area contributed by atoms with Crippen LogP contribution in [0.25, 0.3) is 10.2 Å². The largest absolute Gasteiger partial charge is 0.393 e. The van der Waals surface area contributed by atoms with Gasteiger partial charge < -0.3 is 5.73 Å². The summed E-state index contributed by atoms with van der Waals surface area (Å²) in [6.07, 6.45) is 0. The average Bonchev–Trinajstić information content (AvgIpc) is 2.50. The molecule has 0 spiro atoms. The quantitative estimate of drug-likeness (QED) is 0.427. The van der Waals surface area contributed by atoms with Crippen LogP contribution in [-0.4, -0.2) is 9.91 Å². The fraction of sp³-hybridized carbons (Fsp3) is 0. The Morgan fingerprint density at radius 1 is 1.54 bits per heavy atom. The van der Waals surface area contributed by atoms with E-state index in [4.69, 9.17) is 5.73 Å². The van der Waals surface area contributed by atoms with Gasteiger partial charge in [0, 0.05) is 0 Å². The van der Waals surface area contributed by atoms with Crippen LogP contribution in [0.15, 0.2) is 17.6 Å². The number of nitro groups is 1. The van der Waals surface area contributed by atoms with Crippen LogP contribution in [0.1, 0.15) is 0 Å². The van der Waals surface area contributed by atoms with Crippen molar-refractivity contribution in [2.75, 3.05) is 5.73 Å². The molecule has 1 aromatic carbocycles. The number of nitrogens with two attached hydrogens (primary N) is 1. The van der Waals surface area contributed by atoms with Crippen molar-refractivity contribution in [2.45, 2.75) is 0 Å². The molecule has 0 radical (unpaired) electrons. The minimum Gasteiger partial charge on any atom is -0.393 e. The van der Waals surface area contributed by atoms with Gasteiger partial charge in [-0.05, 0) is 12.1 Å². The lowest BCUT2D eigenvalue weighted by atomic mass is 10.2. The zero-order valence-corrected chi connectivity index (χ0v) is 7.25. The first-order valence-corrected chi connectivity index (χ1v) is 4.34. The summed E-state index contributed by atoms with van der Waals surface area (Å²) in [6.45, 7) is 0. The highest BCUT2D eigenvalue weighted by atomic mass is 32.1. The minimum atomic E-state index is -0.476. The molecule has 0 amide bonds. The Morgan fingerprint density at radius 2 is 2.31 bits per heavy atom. The van der Waals surface area contributed by atoms with Crippen LogP contribution in [0.2, 0.25) is 0 Å². The molecule has 13 heavy (non-hydrogen) atoms. The fourth-order valence-corrected chi connectivity index (χ4v) is 1.93. The van der Waals surface area contributed by atoms with Crippen molar-refractivity contribution in [1.29, 1.82) is 0 Å². The van der Waals surface area contributed by atoms with Crippen molar-refractivity contribution in [2.24, 2.45) is 0 Å². The standard InChI is InChI=1S/C7H5N3O2S/c8-4-1-2-5-7(13-3-9-5)6(4)10(11)12/h1-3H,8H2. The second-order valence-electron chi connectivity index (χ2n) is 2.46. The first-order chi connectivity index (χ1) is 6.20. The Hall–Kier alpha value is -1.69. The van der Waals surface area contributed by atoms with Gasteiger partial charge >= 0.3 is 5.69 Å². The van der Waals surface area contributed by atoms with E-state index in [1.54, 1.807) is 11.6 Å². The highest BCUT2D eigenvalue weighted by Gasteiger charge is 2.17. The molecule has 2 aromatic rings. The number of rotatable bonds is 1. The first-order valence-electron chi connectivity index (χ1n) is 3.46. The van der Waals surface area contributed by atoms with E-state index in [0.717, 1.165) is 0 Å². The molecule has 6 heteroatoms. The maximum atomic E-state index is 10.6. The number of aromatic nitrogens is 1. The van der Waals surface area contributed by atoms with E-state index in [-0.39, 0.29) is 11.4 Å². The summed E-state index contributed by atoms with van der Waals surface area (Å²) in [5.41, 5.74) is 7.81. The van der Waals surface area contributed by atoms with Crippen LogP contribution in [-0.2, 0) is 0 Å². The third-order valence-electron chi connectivity index (χ3n) is 1.69. The summed E-state index contributed by atoms with van der Waals surface area (Å²) >= 11 is 1.22. The lowest BCUT2D eigenvalue weighted by molar-refractivity contribution is -0.381. The SMILES string of the molecule is Nc1ccc2ncsc2c1[N+](=O)[O-]. The van der Waals surface area contributed by atoms with Gasteiger partial charge in [-0.3, -0.25) is 10.1 Å². The maximum Gasteiger partial charge on any atom is 0.311 e. The van der Waals surface area contributed by atoms with E-state index in [1.807, 2.05) is 0 Å². The number of nitrogen functional groups attached to an aromatic ring is 1. The molecule has 0 bridgehead atoms. The number of anilines is 1. The van der Waals surface area contributed by atoms with Crippen molar-refractivity contribution >= 4 is 32.9 Å². The van der Waals surface area contributed by atoms with E-state index >= 15 is 0 Å². The number of benzene rings is 1. The van der Waals surface area contributed by atoms with Crippen LogP contribution >= 0.6 is 11.3 Å². The normalized spacial score (nSPS) is 10.5. The number of hydrogen-bond acceptors (Lipinski definition) is 5. The van der Waals surface area contributed by atoms with Gasteiger partial charge in [0.05, 0.1) is 16.0 Å². The third-order valence-corrected chi connectivity index (χ3v) is 2.54. The molecule has 0 aliphatic heterocycles. The van der Waals surface area contributed by atoms with Crippen molar-refractivity contribution in [3.05, 3.63) is 27.8 Å². The fourth-order valence-electron chi connectivity index (χ4n) is 1.12. The van der Waals surface area contributed by atoms with Gasteiger partial charge in [0.1, 0.15) is 10.4 Å². The summed E-state index contributed by atoms with van der Waals surface area (Å²) in [5.74, 6) is 0. The highest BCUT2D eigenvalue weighted by Crippen LogP contribution is 2.33. The molecular weight excluding hydrogens is 190 g/mol. The van der Waals surface area contributed by atoms with Crippen molar-refractivity contribution in [3.63, 3.8) is 0 Å². The zero-order chi connectivity index (χ0) is 9.42. The molecular formula is C7H5N3O2S. The van der Waals surface area contributed by atoms with Gasteiger partial charge in [0.2, 0.25) is 0 Å². The Balaban J connectivity index is 2.88. The molecule has 2 rings (SSSR count). The number of nitro benzene ring substituents is 1. The van der Waals surface area contributed by atoms with E-state index in [0.29, 0.717) is 10.2 Å². The predicted octanol–water partition coefficient (Wildman–Crippen LogP) is 1.79. The average molecular weight is 195 g/mol. The third kappa shape index (κ3) is 1.11. The molecule has 0 unspecified atom stereocenters. The first kappa shape index (κ1) is 7.93. The number of hydrogen-bond donors (Lipinski definition) is 1. The van der Waals surface area contributed by atoms with Crippen LogP contribution in [0.5, 0.6) is 0 Å². The molecule has 0 saturated heterocycles. The second kappa shape index (κ2) is 2.67. The van der Waals surface area contributed by atoms with E-state index < -0.39 is 4.92 Å². The minimum absolute atomic E-state index is 0.0417. The Labute approximate surface area is 77.0 Å². The Morgan fingerprint density at radius 3 is 3.00 bits per heavy atom. The monoisotopic (exact) mass is 195 g/mol. The summed E-state index contributed by atoms with van der Waals surface area (Å²) in [4.78, 5) is 14.1. The van der Waals surface area contributed by atoms with Gasteiger partial charge in [-0.2, -0.15) is 0 Å². The lowest BCUT2D eigenvalue weighted by Gasteiger charge is -1.96. The number of nitrogens with zero attached hydrogens (tertiary/aromatic N) is 2.